The summed E-state index contributed by atoms with van der Waals surface area (Å²) < 4.78 is 80.0. The molecule has 0 atom stereocenters. The number of ether oxygens (including phenoxy) is 1. The topological polar surface area (TPSA) is 85.2 Å². The molecule has 0 aliphatic carbocycles. The van der Waals surface area contributed by atoms with Crippen LogP contribution in [0.4, 0.5) is 22.0 Å². The molecule has 2 aromatic heterocycles. The maximum absolute atomic E-state index is 14.4. The standard InChI is InChI=1S/C27H17F5N2O4/c1-37-25(35)8-15-3-2-4-16(7-15)18-9-24(38-14-18)23-11-21(27(30,31)32)20(12-33)26(36)34(23)13-17-5-6-19(28)10-22(17)29/h2-7,9-11,14H,8,13H2,1H3. The molecule has 194 valence electrons. The Morgan fingerprint density at radius 2 is 1.84 bits per heavy atom. The molecule has 0 saturated carbocycles. The number of carbonyl (C=O) groups is 1. The molecule has 0 spiro atoms. The Hall–Kier alpha value is -4.72. The zero-order valence-corrected chi connectivity index (χ0v) is 19.6. The van der Waals surface area contributed by atoms with Gasteiger partial charge in [0.15, 0.2) is 5.76 Å². The fourth-order valence-corrected chi connectivity index (χ4v) is 3.88. The summed E-state index contributed by atoms with van der Waals surface area (Å²) in [4.78, 5) is 24.7. The van der Waals surface area contributed by atoms with E-state index in [1.165, 1.54) is 25.5 Å². The number of hydrogen-bond acceptors (Lipinski definition) is 5. The minimum atomic E-state index is -5.04. The molecule has 0 N–H and O–H groups in total. The van der Waals surface area contributed by atoms with Crippen molar-refractivity contribution in [2.24, 2.45) is 0 Å². The third-order valence-electron chi connectivity index (χ3n) is 5.75. The number of furan rings is 1. The highest BCUT2D eigenvalue weighted by atomic mass is 19.4. The summed E-state index contributed by atoms with van der Waals surface area (Å²) in [5.41, 5.74) is -2.96. The molecule has 0 aliphatic rings. The fraction of sp³-hybridized carbons (Fsp3) is 0.148. The molecule has 0 fully saturated rings. The first-order valence-corrected chi connectivity index (χ1v) is 11.0. The highest BCUT2D eigenvalue weighted by Crippen LogP contribution is 2.35. The van der Waals surface area contributed by atoms with Crippen LogP contribution in [-0.2, 0) is 28.7 Å². The van der Waals surface area contributed by atoms with Crippen molar-refractivity contribution in [2.75, 3.05) is 7.11 Å². The van der Waals surface area contributed by atoms with Crippen molar-refractivity contribution in [1.82, 2.24) is 4.57 Å². The molecule has 2 heterocycles. The largest absolute Gasteiger partial charge is 0.469 e. The number of benzene rings is 2. The van der Waals surface area contributed by atoms with Crippen molar-refractivity contribution in [3.05, 3.63) is 105 Å². The monoisotopic (exact) mass is 528 g/mol. The quantitative estimate of drug-likeness (QED) is 0.237. The lowest BCUT2D eigenvalue weighted by Gasteiger charge is -2.16. The first-order chi connectivity index (χ1) is 18.0. The number of nitriles is 1. The number of aromatic nitrogens is 1. The fourth-order valence-electron chi connectivity index (χ4n) is 3.88. The van der Waals surface area contributed by atoms with Crippen molar-refractivity contribution >= 4 is 5.97 Å². The average Bonchev–Trinajstić information content (AvgIpc) is 3.36. The lowest BCUT2D eigenvalue weighted by molar-refractivity contribution is -0.140. The number of methoxy groups -OCH3 is 1. The van der Waals surface area contributed by atoms with Crippen LogP contribution in [0, 0.1) is 23.0 Å². The van der Waals surface area contributed by atoms with E-state index in [-0.39, 0.29) is 23.4 Å². The van der Waals surface area contributed by atoms with Crippen molar-refractivity contribution in [3.8, 4) is 28.7 Å². The summed E-state index contributed by atoms with van der Waals surface area (Å²) in [7, 11) is 1.25. The predicted molar refractivity (Wildman–Crippen MR) is 125 cm³/mol. The van der Waals surface area contributed by atoms with Crippen LogP contribution >= 0.6 is 0 Å². The molecule has 0 amide bonds. The molecule has 0 radical (unpaired) electrons. The van der Waals surface area contributed by atoms with E-state index in [2.05, 4.69) is 4.74 Å². The number of alkyl halides is 3. The van der Waals surface area contributed by atoms with Crippen LogP contribution in [0.2, 0.25) is 0 Å². The smallest absolute Gasteiger partial charge is 0.417 e. The van der Waals surface area contributed by atoms with Gasteiger partial charge < -0.3 is 9.15 Å². The van der Waals surface area contributed by atoms with E-state index in [9.17, 15) is 36.8 Å². The molecular formula is C27H17F5N2O4. The van der Waals surface area contributed by atoms with Gasteiger partial charge in [0.1, 0.15) is 23.3 Å². The van der Waals surface area contributed by atoms with E-state index in [4.69, 9.17) is 4.42 Å². The van der Waals surface area contributed by atoms with Gasteiger partial charge in [-0.1, -0.05) is 30.3 Å². The summed E-state index contributed by atoms with van der Waals surface area (Å²) in [6.45, 7) is -0.599. The second kappa shape index (κ2) is 10.3. The Kier molecular flexibility index (Phi) is 7.17. The van der Waals surface area contributed by atoms with E-state index in [0.717, 1.165) is 16.7 Å². The molecular weight excluding hydrogens is 511 g/mol. The van der Waals surface area contributed by atoms with Gasteiger partial charge in [0.25, 0.3) is 5.56 Å². The molecule has 38 heavy (non-hydrogen) atoms. The number of carbonyl (C=O) groups excluding carboxylic acids is 1. The second-order valence-electron chi connectivity index (χ2n) is 8.21. The van der Waals surface area contributed by atoms with Gasteiger partial charge in [-0.05, 0) is 29.3 Å². The average molecular weight is 528 g/mol. The molecule has 4 aromatic rings. The van der Waals surface area contributed by atoms with Gasteiger partial charge in [-0.25, -0.2) is 8.78 Å². The zero-order chi connectivity index (χ0) is 27.6. The maximum Gasteiger partial charge on any atom is 0.417 e. The predicted octanol–water partition coefficient (Wildman–Crippen LogP) is 5.71. The lowest BCUT2D eigenvalue weighted by atomic mass is 10.0. The number of rotatable bonds is 6. The number of nitrogens with zero attached hydrogens (tertiary/aromatic N) is 2. The Labute approximate surface area is 212 Å². The van der Waals surface area contributed by atoms with Crippen LogP contribution in [0.1, 0.15) is 22.3 Å². The van der Waals surface area contributed by atoms with Gasteiger partial charge in [0, 0.05) is 17.2 Å². The molecule has 0 unspecified atom stereocenters. The Morgan fingerprint density at radius 1 is 1.08 bits per heavy atom. The van der Waals surface area contributed by atoms with E-state index >= 15 is 0 Å². The van der Waals surface area contributed by atoms with Crippen LogP contribution < -0.4 is 5.56 Å². The molecule has 0 bridgehead atoms. The molecule has 6 nitrogen and oxygen atoms in total. The zero-order valence-electron chi connectivity index (χ0n) is 19.6. The summed E-state index contributed by atoms with van der Waals surface area (Å²) in [6, 6.07) is 12.5. The van der Waals surface area contributed by atoms with Gasteiger partial charge in [0.2, 0.25) is 0 Å². The first kappa shape index (κ1) is 26.3. The Bertz CT molecular complexity index is 1630. The number of pyridine rings is 1. The molecule has 0 saturated heterocycles. The van der Waals surface area contributed by atoms with Crippen LogP contribution in [0.25, 0.3) is 22.6 Å². The van der Waals surface area contributed by atoms with Crippen molar-refractivity contribution in [3.63, 3.8) is 0 Å². The summed E-state index contributed by atoms with van der Waals surface area (Å²) in [6.07, 6.45) is -3.81. The van der Waals surface area contributed by atoms with Gasteiger partial charge >= 0.3 is 12.1 Å². The van der Waals surface area contributed by atoms with Crippen molar-refractivity contribution in [1.29, 1.82) is 5.26 Å². The molecule has 11 heteroatoms. The van der Waals surface area contributed by atoms with E-state index in [1.54, 1.807) is 24.3 Å². The Balaban J connectivity index is 1.87. The third-order valence-corrected chi connectivity index (χ3v) is 5.75. The van der Waals surface area contributed by atoms with Gasteiger partial charge in [-0.15, -0.1) is 0 Å². The van der Waals surface area contributed by atoms with Gasteiger partial charge in [-0.2, -0.15) is 18.4 Å². The van der Waals surface area contributed by atoms with Crippen molar-refractivity contribution < 1.29 is 35.9 Å². The number of esters is 1. The first-order valence-electron chi connectivity index (χ1n) is 11.0. The summed E-state index contributed by atoms with van der Waals surface area (Å²) >= 11 is 0. The highest BCUT2D eigenvalue weighted by molar-refractivity contribution is 5.74. The van der Waals surface area contributed by atoms with Gasteiger partial charge in [0.05, 0.1) is 37.6 Å². The van der Waals surface area contributed by atoms with Crippen LogP contribution in [0.5, 0.6) is 0 Å². The third kappa shape index (κ3) is 5.34. The van der Waals surface area contributed by atoms with Gasteiger partial charge in [-0.3, -0.25) is 14.2 Å². The maximum atomic E-state index is 14.4. The van der Waals surface area contributed by atoms with Crippen LogP contribution in [0.15, 0.2) is 70.1 Å². The number of halogens is 5. The van der Waals surface area contributed by atoms with Crippen LogP contribution in [-0.4, -0.2) is 17.6 Å². The SMILES string of the molecule is COC(=O)Cc1cccc(-c2coc(-c3cc(C(F)(F)F)c(C#N)c(=O)n3Cc3ccc(F)cc3F)c2)c1. The normalized spacial score (nSPS) is 11.3. The molecule has 4 rings (SSSR count). The minimum absolute atomic E-state index is 0.0115. The molecule has 2 aromatic carbocycles. The number of hydrogen-bond donors (Lipinski definition) is 0. The van der Waals surface area contributed by atoms with Crippen LogP contribution in [0.3, 0.4) is 0 Å². The summed E-state index contributed by atoms with van der Waals surface area (Å²) in [5, 5.41) is 9.32. The van der Waals surface area contributed by atoms with Crippen molar-refractivity contribution in [2.45, 2.75) is 19.1 Å². The van der Waals surface area contributed by atoms with E-state index < -0.39 is 47.0 Å². The highest BCUT2D eigenvalue weighted by Gasteiger charge is 2.37. The second-order valence-corrected chi connectivity index (χ2v) is 8.21. The molecule has 0 aliphatic heterocycles. The Morgan fingerprint density at radius 3 is 2.50 bits per heavy atom. The summed E-state index contributed by atoms with van der Waals surface area (Å²) in [5.74, 6) is -2.55. The van der Waals surface area contributed by atoms with E-state index in [0.29, 0.717) is 28.8 Å². The van der Waals surface area contributed by atoms with E-state index in [1.807, 2.05) is 0 Å². The minimum Gasteiger partial charge on any atom is -0.469 e. The lowest BCUT2D eigenvalue weighted by Crippen LogP contribution is -2.29.